The first-order valence-corrected chi connectivity index (χ1v) is 10.4. The highest BCUT2D eigenvalue weighted by atomic mass is 32.2. The van der Waals surface area contributed by atoms with E-state index in [1.54, 1.807) is 23.3 Å². The Hall–Kier alpha value is -1.93. The molecule has 1 N–H and O–H groups in total. The van der Waals surface area contributed by atoms with Gasteiger partial charge in [0.2, 0.25) is 0 Å². The van der Waals surface area contributed by atoms with Crippen LogP contribution in [0.15, 0.2) is 30.9 Å². The number of pyridine rings is 1. The predicted molar refractivity (Wildman–Crippen MR) is 102 cm³/mol. The summed E-state index contributed by atoms with van der Waals surface area (Å²) in [5.41, 5.74) is 0.433. The predicted octanol–water partition coefficient (Wildman–Crippen LogP) is 1.75. The Labute approximate surface area is 157 Å². The molecule has 2 aromatic heterocycles. The molecule has 26 heavy (non-hydrogen) atoms. The SMILES string of the molecule is O=C(NC1CCN(C2CCSCC2)CC1)c1cccc(-n2cnnc2)n1. The van der Waals surface area contributed by atoms with Gasteiger partial charge in [0, 0.05) is 25.2 Å². The maximum atomic E-state index is 12.6. The smallest absolute Gasteiger partial charge is 0.270 e. The van der Waals surface area contributed by atoms with E-state index in [0.717, 1.165) is 32.0 Å². The number of carbonyl (C=O) groups excluding carboxylic acids is 1. The van der Waals surface area contributed by atoms with Gasteiger partial charge in [0.1, 0.15) is 24.2 Å². The minimum absolute atomic E-state index is 0.104. The van der Waals surface area contributed by atoms with Gasteiger partial charge in [0.25, 0.3) is 5.91 Å². The average Bonchev–Trinajstić information content (AvgIpc) is 3.24. The molecular formula is C18H24N6OS. The number of likely N-dealkylation sites (tertiary alicyclic amines) is 1. The Morgan fingerprint density at radius 2 is 1.81 bits per heavy atom. The standard InChI is InChI=1S/C18H24N6OS/c25-18(16-2-1-3-17(22-16)24-12-19-20-13-24)21-14-4-8-23(9-5-14)15-6-10-26-11-7-15/h1-3,12-15H,4-11H2,(H,21,25). The molecule has 8 heteroatoms. The second-order valence-corrected chi connectivity index (χ2v) is 8.10. The fourth-order valence-corrected chi connectivity index (χ4v) is 4.81. The molecule has 2 fully saturated rings. The van der Waals surface area contributed by atoms with E-state index in [4.69, 9.17) is 0 Å². The number of carbonyl (C=O) groups is 1. The number of hydrogen-bond donors (Lipinski definition) is 1. The molecule has 4 rings (SSSR count). The van der Waals surface area contributed by atoms with Crippen molar-refractivity contribution in [1.82, 2.24) is 30.0 Å². The molecule has 0 radical (unpaired) electrons. The minimum Gasteiger partial charge on any atom is -0.348 e. The monoisotopic (exact) mass is 372 g/mol. The van der Waals surface area contributed by atoms with Crippen molar-refractivity contribution in [2.75, 3.05) is 24.6 Å². The molecule has 0 atom stereocenters. The van der Waals surface area contributed by atoms with Gasteiger partial charge in [0.05, 0.1) is 0 Å². The summed E-state index contributed by atoms with van der Waals surface area (Å²) in [5.74, 6) is 3.12. The van der Waals surface area contributed by atoms with E-state index in [0.29, 0.717) is 11.5 Å². The summed E-state index contributed by atoms with van der Waals surface area (Å²) < 4.78 is 1.69. The lowest BCUT2D eigenvalue weighted by Gasteiger charge is -2.39. The van der Waals surface area contributed by atoms with Gasteiger partial charge in [-0.25, -0.2) is 4.98 Å². The van der Waals surface area contributed by atoms with E-state index >= 15 is 0 Å². The third-order valence-corrected chi connectivity index (χ3v) is 6.27. The van der Waals surface area contributed by atoms with Gasteiger partial charge in [-0.05, 0) is 49.3 Å². The maximum Gasteiger partial charge on any atom is 0.270 e. The summed E-state index contributed by atoms with van der Waals surface area (Å²) in [5, 5.41) is 10.7. The largest absolute Gasteiger partial charge is 0.348 e. The summed E-state index contributed by atoms with van der Waals surface area (Å²) in [6.45, 7) is 2.16. The lowest BCUT2D eigenvalue weighted by molar-refractivity contribution is 0.0881. The van der Waals surface area contributed by atoms with Crippen molar-refractivity contribution < 1.29 is 4.79 Å². The third kappa shape index (κ3) is 4.07. The summed E-state index contributed by atoms with van der Waals surface area (Å²) in [7, 11) is 0. The first-order chi connectivity index (χ1) is 12.8. The Kier molecular flexibility index (Phi) is 5.50. The number of rotatable bonds is 4. The molecule has 4 heterocycles. The molecule has 0 bridgehead atoms. The van der Waals surface area contributed by atoms with Crippen molar-refractivity contribution in [3.8, 4) is 5.82 Å². The van der Waals surface area contributed by atoms with Crippen LogP contribution >= 0.6 is 11.8 Å². The number of nitrogens with one attached hydrogen (secondary N) is 1. The van der Waals surface area contributed by atoms with Gasteiger partial charge in [-0.2, -0.15) is 11.8 Å². The molecule has 0 spiro atoms. The van der Waals surface area contributed by atoms with Crippen LogP contribution in [0.3, 0.4) is 0 Å². The van der Waals surface area contributed by atoms with Crippen LogP contribution in [0.2, 0.25) is 0 Å². The normalized spacial score (nSPS) is 20.2. The van der Waals surface area contributed by atoms with Crippen molar-refractivity contribution in [2.45, 2.75) is 37.8 Å². The molecule has 2 aliphatic rings. The second-order valence-electron chi connectivity index (χ2n) is 6.88. The molecule has 1 amide bonds. The molecule has 0 aliphatic carbocycles. The molecule has 7 nitrogen and oxygen atoms in total. The van der Waals surface area contributed by atoms with Crippen LogP contribution in [0.5, 0.6) is 0 Å². The number of hydrogen-bond acceptors (Lipinski definition) is 6. The lowest BCUT2D eigenvalue weighted by Crippen LogP contribution is -2.48. The Morgan fingerprint density at radius 3 is 2.54 bits per heavy atom. The molecule has 0 saturated carbocycles. The van der Waals surface area contributed by atoms with Gasteiger partial charge < -0.3 is 10.2 Å². The molecular weight excluding hydrogens is 348 g/mol. The zero-order valence-electron chi connectivity index (χ0n) is 14.8. The number of amides is 1. The molecule has 2 saturated heterocycles. The highest BCUT2D eigenvalue weighted by molar-refractivity contribution is 7.99. The zero-order valence-corrected chi connectivity index (χ0v) is 15.6. The van der Waals surface area contributed by atoms with Crippen LogP contribution in [0.1, 0.15) is 36.2 Å². The van der Waals surface area contributed by atoms with Gasteiger partial charge in [-0.15, -0.1) is 10.2 Å². The zero-order chi connectivity index (χ0) is 17.8. The first-order valence-electron chi connectivity index (χ1n) is 9.24. The molecule has 0 unspecified atom stereocenters. The molecule has 2 aliphatic heterocycles. The van der Waals surface area contributed by atoms with Crippen LogP contribution in [-0.4, -0.2) is 67.2 Å². The summed E-state index contributed by atoms with van der Waals surface area (Å²) >= 11 is 2.07. The lowest BCUT2D eigenvalue weighted by atomic mass is 10.0. The van der Waals surface area contributed by atoms with Crippen molar-refractivity contribution in [2.24, 2.45) is 0 Å². The van der Waals surface area contributed by atoms with Gasteiger partial charge >= 0.3 is 0 Å². The number of nitrogens with zero attached hydrogens (tertiary/aromatic N) is 5. The van der Waals surface area contributed by atoms with Crippen molar-refractivity contribution in [3.05, 3.63) is 36.5 Å². The molecule has 2 aromatic rings. The number of thioether (sulfide) groups is 1. The van der Waals surface area contributed by atoms with E-state index in [1.807, 2.05) is 12.1 Å². The van der Waals surface area contributed by atoms with Crippen molar-refractivity contribution in [1.29, 1.82) is 0 Å². The highest BCUT2D eigenvalue weighted by Gasteiger charge is 2.27. The van der Waals surface area contributed by atoms with E-state index in [1.165, 1.54) is 24.3 Å². The first kappa shape index (κ1) is 17.5. The average molecular weight is 372 g/mol. The van der Waals surface area contributed by atoms with E-state index in [2.05, 4.69) is 37.2 Å². The minimum atomic E-state index is -0.104. The van der Waals surface area contributed by atoms with Crippen LogP contribution < -0.4 is 5.32 Å². The summed E-state index contributed by atoms with van der Waals surface area (Å²) in [6.07, 6.45) is 7.79. The molecule has 138 valence electrons. The topological polar surface area (TPSA) is 75.9 Å². The summed E-state index contributed by atoms with van der Waals surface area (Å²) in [4.78, 5) is 19.6. The quantitative estimate of drug-likeness (QED) is 0.881. The highest BCUT2D eigenvalue weighted by Crippen LogP contribution is 2.24. The number of piperidine rings is 1. The van der Waals surface area contributed by atoms with Gasteiger partial charge in [-0.3, -0.25) is 9.36 Å². The molecule has 0 aromatic carbocycles. The fourth-order valence-electron chi connectivity index (χ4n) is 3.73. The van der Waals surface area contributed by atoms with E-state index < -0.39 is 0 Å². The van der Waals surface area contributed by atoms with Crippen molar-refractivity contribution in [3.63, 3.8) is 0 Å². The van der Waals surface area contributed by atoms with E-state index in [-0.39, 0.29) is 11.9 Å². The van der Waals surface area contributed by atoms with Crippen LogP contribution in [-0.2, 0) is 0 Å². The Bertz CT molecular complexity index is 723. The third-order valence-electron chi connectivity index (χ3n) is 5.22. The second kappa shape index (κ2) is 8.18. The maximum absolute atomic E-state index is 12.6. The Balaban J connectivity index is 1.32. The van der Waals surface area contributed by atoms with Crippen LogP contribution in [0.25, 0.3) is 5.82 Å². The van der Waals surface area contributed by atoms with Gasteiger partial charge in [-0.1, -0.05) is 6.07 Å². The Morgan fingerprint density at radius 1 is 1.08 bits per heavy atom. The van der Waals surface area contributed by atoms with Crippen LogP contribution in [0, 0.1) is 0 Å². The van der Waals surface area contributed by atoms with Crippen molar-refractivity contribution >= 4 is 17.7 Å². The van der Waals surface area contributed by atoms with E-state index in [9.17, 15) is 4.79 Å². The summed E-state index contributed by atoms with van der Waals surface area (Å²) in [6, 6.07) is 6.40. The fraction of sp³-hybridized carbons (Fsp3) is 0.556. The van der Waals surface area contributed by atoms with Crippen LogP contribution in [0.4, 0.5) is 0 Å². The van der Waals surface area contributed by atoms with Gasteiger partial charge in [0.15, 0.2) is 0 Å². The number of aromatic nitrogens is 4.